The van der Waals surface area contributed by atoms with Crippen molar-refractivity contribution in [1.82, 2.24) is 0 Å². The molecule has 4 nitrogen and oxygen atoms in total. The summed E-state index contributed by atoms with van der Waals surface area (Å²) in [5, 5.41) is 0. The molecular formula is C12H12CrO4. The summed E-state index contributed by atoms with van der Waals surface area (Å²) in [6.45, 7) is 18.0. The minimum absolute atomic E-state index is 0. The predicted octanol–water partition coefficient (Wildman–Crippen LogP) is 1.08. The molecule has 0 amide bonds. The molecule has 90 valence electrons. The van der Waals surface area contributed by atoms with E-state index in [0.29, 0.717) is 0 Å². The molecule has 0 aromatic heterocycles. The second-order valence-corrected chi connectivity index (χ2v) is 2.10. The van der Waals surface area contributed by atoms with E-state index in [1.165, 1.54) is 25.7 Å². The number of carbonyl (C=O) groups excluding carboxylic acids is 4. The van der Waals surface area contributed by atoms with Crippen LogP contribution < -0.4 is 0 Å². The molecule has 17 heavy (non-hydrogen) atoms. The van der Waals surface area contributed by atoms with Crippen LogP contribution in [0.2, 0.25) is 0 Å². The van der Waals surface area contributed by atoms with E-state index in [4.69, 9.17) is 19.2 Å². The van der Waals surface area contributed by atoms with Crippen molar-refractivity contribution in [3.63, 3.8) is 0 Å². The van der Waals surface area contributed by atoms with E-state index in [0.717, 1.165) is 0 Å². The van der Waals surface area contributed by atoms with Gasteiger partial charge < -0.3 is 0 Å². The Morgan fingerprint density at radius 3 is 0.706 bits per heavy atom. The van der Waals surface area contributed by atoms with Gasteiger partial charge in [0.05, 0.1) is 0 Å². The second kappa shape index (κ2) is 61.5. The van der Waals surface area contributed by atoms with E-state index in [-0.39, 0.29) is 17.4 Å². The van der Waals surface area contributed by atoms with Crippen molar-refractivity contribution in [3.8, 4) is 0 Å². The van der Waals surface area contributed by atoms with Crippen molar-refractivity contribution >= 4 is 27.2 Å². The molecule has 0 atom stereocenters. The van der Waals surface area contributed by atoms with E-state index in [1.807, 2.05) is 0 Å². The number of hydrogen-bond donors (Lipinski definition) is 0. The van der Waals surface area contributed by atoms with Crippen LogP contribution >= 0.6 is 0 Å². The molecule has 0 aliphatic heterocycles. The fourth-order valence-corrected chi connectivity index (χ4v) is 0.856. The molecule has 0 bridgehead atoms. The average molecular weight is 272 g/mol. The van der Waals surface area contributed by atoms with Crippen molar-refractivity contribution in [1.29, 1.82) is 0 Å². The molecule has 0 aromatic carbocycles. The van der Waals surface area contributed by atoms with Gasteiger partial charge in [0.2, 0.25) is 0 Å². The van der Waals surface area contributed by atoms with E-state index in [1.54, 1.807) is 0 Å². The van der Waals surface area contributed by atoms with Crippen LogP contribution in [0.25, 0.3) is 0 Å². The first kappa shape index (κ1) is 29.6. The largest absolute Gasteiger partial charge is 0.281 e. The average Bonchev–Trinajstić information content (AvgIpc) is 2.38. The van der Waals surface area contributed by atoms with Crippen LogP contribution in [0.3, 0.4) is 0 Å². The van der Waals surface area contributed by atoms with Gasteiger partial charge in [0.15, 0.2) is 0 Å². The first-order valence-corrected chi connectivity index (χ1v) is 4.12. The minimum atomic E-state index is 0. The van der Waals surface area contributed by atoms with Gasteiger partial charge in [-0.3, -0.25) is 19.2 Å². The molecule has 0 unspecified atom stereocenters. The third-order valence-electron chi connectivity index (χ3n) is 1.33. The monoisotopic (exact) mass is 272 g/mol. The molecule has 0 saturated heterocycles. The van der Waals surface area contributed by atoms with Gasteiger partial charge in [-0.05, 0) is 25.7 Å². The van der Waals surface area contributed by atoms with Gasteiger partial charge in [-0.25, -0.2) is 0 Å². The summed E-state index contributed by atoms with van der Waals surface area (Å²) >= 11 is 0. The third kappa shape index (κ3) is 52.8. The minimum Gasteiger partial charge on any atom is -0.281 e. The first-order chi connectivity index (χ1) is 8.00. The van der Waals surface area contributed by atoms with E-state index >= 15 is 0 Å². The van der Waals surface area contributed by atoms with Gasteiger partial charge in [0, 0.05) is 17.4 Å². The Morgan fingerprint density at radius 1 is 0.471 bits per heavy atom. The molecule has 0 aromatic rings. The maximum atomic E-state index is 7.50. The zero-order chi connectivity index (χ0) is 13.7. The fraction of sp³-hybridized carbons (Fsp3) is 0.333. The van der Waals surface area contributed by atoms with Gasteiger partial charge >= 0.3 is 0 Å². The SMILES string of the molecule is C1=C\CC/C=C\CC/1.[C]=O.[C]=O.[C]=O.[C]=O.[Cr]. The Labute approximate surface area is 114 Å². The summed E-state index contributed by atoms with van der Waals surface area (Å²) < 4.78 is 0. The van der Waals surface area contributed by atoms with E-state index in [2.05, 4.69) is 51.5 Å². The van der Waals surface area contributed by atoms with Crippen LogP contribution in [0.1, 0.15) is 25.7 Å². The first-order valence-electron chi connectivity index (χ1n) is 4.12. The zero-order valence-electron chi connectivity index (χ0n) is 9.18. The molecule has 1 aliphatic rings. The fourth-order valence-electron chi connectivity index (χ4n) is 0.856. The van der Waals surface area contributed by atoms with E-state index < -0.39 is 0 Å². The van der Waals surface area contributed by atoms with Crippen LogP contribution in [-0.4, -0.2) is 27.2 Å². The molecule has 5 heteroatoms. The zero-order valence-corrected chi connectivity index (χ0v) is 10.5. The number of hydrogen-bond acceptors (Lipinski definition) is 4. The molecule has 0 spiro atoms. The van der Waals surface area contributed by atoms with Gasteiger partial charge in [0.1, 0.15) is 0 Å². The smallest absolute Gasteiger partial charge is 0.281 e. The van der Waals surface area contributed by atoms with Crippen LogP contribution in [0.4, 0.5) is 0 Å². The Morgan fingerprint density at radius 2 is 0.588 bits per heavy atom. The summed E-state index contributed by atoms with van der Waals surface area (Å²) in [4.78, 5) is 30.0. The van der Waals surface area contributed by atoms with Crippen molar-refractivity contribution in [2.24, 2.45) is 0 Å². The summed E-state index contributed by atoms with van der Waals surface area (Å²) in [6.07, 6.45) is 14.0. The number of allylic oxidation sites excluding steroid dienone is 4. The molecule has 1 aliphatic carbocycles. The molecule has 0 heterocycles. The topological polar surface area (TPSA) is 68.3 Å². The molecule has 0 fully saturated rings. The van der Waals surface area contributed by atoms with Gasteiger partial charge in [0.25, 0.3) is 27.2 Å². The standard InChI is InChI=1S/C8H12.4CO.Cr/c1-2-4-6-8-7-5-3-1;4*1-2;/h1-2,7-8H,3-6H2;;;;;/b2-1-,8-7-;;;;;. The Hall–Kier alpha value is -1.31. The molecule has 8 radical (unpaired) electrons. The van der Waals surface area contributed by atoms with Crippen LogP contribution in [-0.2, 0) is 36.5 Å². The van der Waals surface area contributed by atoms with Crippen molar-refractivity contribution in [2.45, 2.75) is 25.7 Å². The summed E-state index contributed by atoms with van der Waals surface area (Å²) in [5.74, 6) is 0. The van der Waals surface area contributed by atoms with Crippen LogP contribution in [0.15, 0.2) is 24.3 Å². The van der Waals surface area contributed by atoms with Crippen molar-refractivity contribution in [3.05, 3.63) is 24.3 Å². The predicted molar refractivity (Wildman–Crippen MR) is 59.5 cm³/mol. The normalized spacial score (nSPS) is 14.1. The Bertz CT molecular complexity index is 127. The van der Waals surface area contributed by atoms with Crippen LogP contribution in [0, 0.1) is 0 Å². The number of rotatable bonds is 0. The van der Waals surface area contributed by atoms with Gasteiger partial charge in [-0.15, -0.1) is 0 Å². The summed E-state index contributed by atoms with van der Waals surface area (Å²) in [6, 6.07) is 0. The van der Waals surface area contributed by atoms with Crippen molar-refractivity contribution in [2.75, 3.05) is 0 Å². The maximum absolute atomic E-state index is 7.50. The maximum Gasteiger partial charge on any atom is 0.281 e. The van der Waals surface area contributed by atoms with Crippen LogP contribution in [0.5, 0.6) is 0 Å². The molecule has 1 rings (SSSR count). The van der Waals surface area contributed by atoms with Gasteiger partial charge in [-0.1, -0.05) is 24.3 Å². The molecule has 0 N–H and O–H groups in total. The molecule has 0 saturated carbocycles. The molecular weight excluding hydrogens is 260 g/mol. The Balaban J connectivity index is -0.0000000462. The Kier molecular flexibility index (Phi) is 107. The second-order valence-electron chi connectivity index (χ2n) is 2.10. The van der Waals surface area contributed by atoms with Crippen molar-refractivity contribution < 1.29 is 36.5 Å². The van der Waals surface area contributed by atoms with Gasteiger partial charge in [-0.2, -0.15) is 0 Å². The summed E-state index contributed by atoms with van der Waals surface area (Å²) in [5.41, 5.74) is 0. The quantitative estimate of drug-likeness (QED) is 0.619. The third-order valence-corrected chi connectivity index (χ3v) is 1.33. The van der Waals surface area contributed by atoms with E-state index in [9.17, 15) is 0 Å². The summed E-state index contributed by atoms with van der Waals surface area (Å²) in [7, 11) is 0.